The molecule has 0 atom stereocenters. The molecule has 0 bridgehead atoms. The molecule has 116 valence electrons. The van der Waals surface area contributed by atoms with Gasteiger partial charge in [-0.3, -0.25) is 4.79 Å². The quantitative estimate of drug-likeness (QED) is 0.784. The summed E-state index contributed by atoms with van der Waals surface area (Å²) in [6.45, 7) is 3.92. The van der Waals surface area contributed by atoms with Crippen LogP contribution in [0, 0.1) is 5.92 Å². The SMILES string of the molecule is CCCN(CC1CC1)C(=O)Cn1nnc(-c2ccccc2)n1. The lowest BCUT2D eigenvalue weighted by Crippen LogP contribution is -2.36. The van der Waals surface area contributed by atoms with Crippen LogP contribution in [-0.2, 0) is 11.3 Å². The van der Waals surface area contributed by atoms with Crippen LogP contribution in [0.1, 0.15) is 26.2 Å². The van der Waals surface area contributed by atoms with E-state index in [1.165, 1.54) is 17.6 Å². The van der Waals surface area contributed by atoms with Gasteiger partial charge in [0.1, 0.15) is 6.54 Å². The fourth-order valence-corrected chi connectivity index (χ4v) is 2.43. The van der Waals surface area contributed by atoms with Gasteiger partial charge in [-0.05, 0) is 30.4 Å². The van der Waals surface area contributed by atoms with Crippen molar-refractivity contribution in [3.8, 4) is 11.4 Å². The fourth-order valence-electron chi connectivity index (χ4n) is 2.43. The van der Waals surface area contributed by atoms with Gasteiger partial charge in [0.15, 0.2) is 0 Å². The van der Waals surface area contributed by atoms with Crippen molar-refractivity contribution >= 4 is 5.91 Å². The molecule has 2 aromatic rings. The first kappa shape index (κ1) is 14.7. The number of rotatable bonds is 7. The van der Waals surface area contributed by atoms with Crippen LogP contribution in [0.4, 0.5) is 0 Å². The highest BCUT2D eigenvalue weighted by Gasteiger charge is 2.26. The summed E-state index contributed by atoms with van der Waals surface area (Å²) in [7, 11) is 0. The van der Waals surface area contributed by atoms with Crippen LogP contribution in [0.15, 0.2) is 30.3 Å². The number of amides is 1. The van der Waals surface area contributed by atoms with Gasteiger partial charge in [0.25, 0.3) is 0 Å². The summed E-state index contributed by atoms with van der Waals surface area (Å²) < 4.78 is 0. The molecule has 1 aliphatic rings. The summed E-state index contributed by atoms with van der Waals surface area (Å²) in [6, 6.07) is 9.66. The molecule has 1 fully saturated rings. The Hall–Kier alpha value is -2.24. The molecule has 1 aliphatic carbocycles. The number of nitrogens with zero attached hydrogens (tertiary/aromatic N) is 5. The van der Waals surface area contributed by atoms with Crippen LogP contribution in [-0.4, -0.2) is 44.1 Å². The Kier molecular flexibility index (Phi) is 4.46. The maximum Gasteiger partial charge on any atom is 0.246 e. The van der Waals surface area contributed by atoms with Crippen LogP contribution in [0.25, 0.3) is 11.4 Å². The molecule has 0 aliphatic heterocycles. The molecule has 1 amide bonds. The molecular weight excluding hydrogens is 278 g/mol. The van der Waals surface area contributed by atoms with Crippen molar-refractivity contribution in [3.05, 3.63) is 30.3 Å². The molecule has 6 nitrogen and oxygen atoms in total. The largest absolute Gasteiger partial charge is 0.341 e. The van der Waals surface area contributed by atoms with Crippen molar-refractivity contribution in [2.75, 3.05) is 13.1 Å². The van der Waals surface area contributed by atoms with E-state index in [-0.39, 0.29) is 12.5 Å². The van der Waals surface area contributed by atoms with Crippen LogP contribution in [0.2, 0.25) is 0 Å². The Morgan fingerprint density at radius 2 is 2.09 bits per heavy atom. The van der Waals surface area contributed by atoms with E-state index in [9.17, 15) is 4.79 Å². The standard InChI is InChI=1S/C16H21N5O/c1-2-10-20(11-13-8-9-13)15(22)12-21-18-16(17-19-21)14-6-4-3-5-7-14/h3-7,13H,2,8-12H2,1H3. The molecule has 6 heteroatoms. The summed E-state index contributed by atoms with van der Waals surface area (Å²) >= 11 is 0. The van der Waals surface area contributed by atoms with E-state index in [2.05, 4.69) is 22.3 Å². The molecule has 22 heavy (non-hydrogen) atoms. The average molecular weight is 299 g/mol. The third kappa shape index (κ3) is 3.69. The Labute approximate surface area is 130 Å². The molecule has 1 saturated carbocycles. The molecular formula is C16H21N5O. The second kappa shape index (κ2) is 6.68. The summed E-state index contributed by atoms with van der Waals surface area (Å²) in [4.78, 5) is 15.7. The molecule has 1 aromatic heterocycles. The fraction of sp³-hybridized carbons (Fsp3) is 0.500. The van der Waals surface area contributed by atoms with Crippen molar-refractivity contribution in [1.82, 2.24) is 25.1 Å². The second-order valence-electron chi connectivity index (χ2n) is 5.79. The predicted molar refractivity (Wildman–Crippen MR) is 82.8 cm³/mol. The molecule has 0 N–H and O–H groups in total. The Balaban J connectivity index is 1.64. The minimum Gasteiger partial charge on any atom is -0.341 e. The minimum atomic E-state index is 0.0748. The average Bonchev–Trinajstić information content (AvgIpc) is 3.24. The van der Waals surface area contributed by atoms with Gasteiger partial charge >= 0.3 is 0 Å². The van der Waals surface area contributed by atoms with Crippen molar-refractivity contribution in [3.63, 3.8) is 0 Å². The summed E-state index contributed by atoms with van der Waals surface area (Å²) in [5.74, 6) is 1.32. The van der Waals surface area contributed by atoms with E-state index >= 15 is 0 Å². The van der Waals surface area contributed by atoms with E-state index in [4.69, 9.17) is 0 Å². The molecule has 1 aromatic carbocycles. The van der Waals surface area contributed by atoms with E-state index in [1.807, 2.05) is 35.2 Å². The highest BCUT2D eigenvalue weighted by molar-refractivity contribution is 5.75. The van der Waals surface area contributed by atoms with Crippen molar-refractivity contribution in [1.29, 1.82) is 0 Å². The first-order valence-electron chi connectivity index (χ1n) is 7.87. The van der Waals surface area contributed by atoms with E-state index in [0.717, 1.165) is 25.1 Å². The number of tetrazole rings is 1. The van der Waals surface area contributed by atoms with Gasteiger partial charge in [0, 0.05) is 18.7 Å². The van der Waals surface area contributed by atoms with E-state index in [0.29, 0.717) is 11.7 Å². The number of carbonyl (C=O) groups is 1. The monoisotopic (exact) mass is 299 g/mol. The summed E-state index contributed by atoms with van der Waals surface area (Å²) in [5, 5.41) is 12.3. The number of benzene rings is 1. The van der Waals surface area contributed by atoms with Crippen LogP contribution in [0.3, 0.4) is 0 Å². The number of aromatic nitrogens is 4. The topological polar surface area (TPSA) is 63.9 Å². The first-order valence-corrected chi connectivity index (χ1v) is 7.87. The first-order chi connectivity index (χ1) is 10.8. The van der Waals surface area contributed by atoms with Crippen LogP contribution < -0.4 is 0 Å². The van der Waals surface area contributed by atoms with Crippen molar-refractivity contribution < 1.29 is 4.79 Å². The summed E-state index contributed by atoms with van der Waals surface area (Å²) in [5.41, 5.74) is 0.907. The van der Waals surface area contributed by atoms with Gasteiger partial charge in [-0.15, -0.1) is 10.2 Å². The smallest absolute Gasteiger partial charge is 0.246 e. The van der Waals surface area contributed by atoms with E-state index in [1.54, 1.807) is 0 Å². The lowest BCUT2D eigenvalue weighted by atomic mass is 10.2. The number of hydrogen-bond donors (Lipinski definition) is 0. The Morgan fingerprint density at radius 3 is 2.77 bits per heavy atom. The van der Waals surface area contributed by atoms with Crippen molar-refractivity contribution in [2.45, 2.75) is 32.7 Å². The second-order valence-corrected chi connectivity index (χ2v) is 5.79. The number of carbonyl (C=O) groups excluding carboxylic acids is 1. The maximum absolute atomic E-state index is 12.4. The van der Waals surface area contributed by atoms with Gasteiger partial charge in [0.2, 0.25) is 11.7 Å². The van der Waals surface area contributed by atoms with Crippen LogP contribution in [0.5, 0.6) is 0 Å². The van der Waals surface area contributed by atoms with Gasteiger partial charge in [-0.1, -0.05) is 37.3 Å². The van der Waals surface area contributed by atoms with Gasteiger partial charge in [-0.25, -0.2) is 0 Å². The third-order valence-corrected chi connectivity index (χ3v) is 3.78. The molecule has 0 unspecified atom stereocenters. The van der Waals surface area contributed by atoms with Gasteiger partial charge in [0.05, 0.1) is 0 Å². The van der Waals surface area contributed by atoms with Crippen LogP contribution >= 0.6 is 0 Å². The zero-order chi connectivity index (χ0) is 15.4. The molecule has 0 saturated heterocycles. The third-order valence-electron chi connectivity index (χ3n) is 3.78. The lowest BCUT2D eigenvalue weighted by molar-refractivity contribution is -0.132. The molecule has 0 radical (unpaired) electrons. The molecule has 1 heterocycles. The Bertz CT molecular complexity index is 620. The zero-order valence-corrected chi connectivity index (χ0v) is 12.9. The molecule has 3 rings (SSSR count). The Morgan fingerprint density at radius 1 is 1.32 bits per heavy atom. The van der Waals surface area contributed by atoms with Gasteiger partial charge in [-0.2, -0.15) is 4.80 Å². The van der Waals surface area contributed by atoms with Crippen molar-refractivity contribution in [2.24, 2.45) is 5.92 Å². The maximum atomic E-state index is 12.4. The lowest BCUT2D eigenvalue weighted by Gasteiger charge is -2.21. The van der Waals surface area contributed by atoms with E-state index < -0.39 is 0 Å². The summed E-state index contributed by atoms with van der Waals surface area (Å²) in [6.07, 6.45) is 3.46. The normalized spacial score (nSPS) is 14.0. The minimum absolute atomic E-state index is 0.0748. The highest BCUT2D eigenvalue weighted by atomic mass is 16.2. The predicted octanol–water partition coefficient (Wildman–Crippen LogP) is 1.99. The van der Waals surface area contributed by atoms with Gasteiger partial charge < -0.3 is 4.90 Å². The number of hydrogen-bond acceptors (Lipinski definition) is 4. The highest BCUT2D eigenvalue weighted by Crippen LogP contribution is 2.29. The molecule has 0 spiro atoms. The zero-order valence-electron chi connectivity index (χ0n) is 12.9.